The van der Waals surface area contributed by atoms with E-state index in [-0.39, 0.29) is 5.91 Å². The van der Waals surface area contributed by atoms with E-state index in [2.05, 4.69) is 0 Å². The Labute approximate surface area is 87.2 Å². The van der Waals surface area contributed by atoms with Crippen LogP contribution in [0.1, 0.15) is 10.4 Å². The van der Waals surface area contributed by atoms with Gasteiger partial charge in [0.15, 0.2) is 0 Å². The van der Waals surface area contributed by atoms with Gasteiger partial charge in [0.05, 0.1) is 6.61 Å². The second-order valence-corrected chi connectivity index (χ2v) is 3.55. The lowest BCUT2D eigenvalue weighted by Gasteiger charge is -2.13. The molecule has 0 radical (unpaired) electrons. The fraction of sp³-hybridized carbons (Fsp3) is 0.300. The average Bonchev–Trinajstić information content (AvgIpc) is 2.69. The molecule has 0 bridgehead atoms. The second kappa shape index (κ2) is 3.98. The van der Waals surface area contributed by atoms with Crippen LogP contribution in [0.2, 0.25) is 5.02 Å². The molecular formula is C10H10ClNO2. The van der Waals surface area contributed by atoms with E-state index in [9.17, 15) is 4.79 Å². The van der Waals surface area contributed by atoms with Crippen molar-refractivity contribution in [1.29, 1.82) is 0 Å². The van der Waals surface area contributed by atoms with Crippen molar-refractivity contribution in [3.05, 3.63) is 34.9 Å². The largest absolute Gasteiger partial charge is 0.359 e. The van der Waals surface area contributed by atoms with Crippen molar-refractivity contribution in [1.82, 2.24) is 4.90 Å². The number of hydrogen-bond donors (Lipinski definition) is 0. The maximum absolute atomic E-state index is 11.8. The summed E-state index contributed by atoms with van der Waals surface area (Å²) < 4.78 is 5.10. The second-order valence-electron chi connectivity index (χ2n) is 3.12. The number of benzene rings is 1. The van der Waals surface area contributed by atoms with E-state index < -0.39 is 0 Å². The van der Waals surface area contributed by atoms with Crippen LogP contribution in [0.4, 0.5) is 0 Å². The lowest BCUT2D eigenvalue weighted by Crippen LogP contribution is -2.28. The molecule has 1 heterocycles. The fourth-order valence-corrected chi connectivity index (χ4v) is 1.57. The Bertz CT molecular complexity index is 348. The number of amides is 1. The normalized spacial score (nSPS) is 15.9. The van der Waals surface area contributed by atoms with E-state index in [1.54, 1.807) is 29.2 Å². The van der Waals surface area contributed by atoms with Gasteiger partial charge in [-0.05, 0) is 18.2 Å². The van der Waals surface area contributed by atoms with E-state index in [1.807, 2.05) is 0 Å². The zero-order chi connectivity index (χ0) is 9.97. The minimum atomic E-state index is -0.0231. The van der Waals surface area contributed by atoms with E-state index in [0.29, 0.717) is 30.5 Å². The summed E-state index contributed by atoms with van der Waals surface area (Å²) in [7, 11) is 0. The Kier molecular flexibility index (Phi) is 2.70. The molecule has 0 aromatic heterocycles. The molecule has 4 heteroatoms. The highest BCUT2D eigenvalue weighted by Crippen LogP contribution is 2.13. The van der Waals surface area contributed by atoms with E-state index in [4.69, 9.17) is 16.3 Å². The van der Waals surface area contributed by atoms with Crippen LogP contribution in [0.5, 0.6) is 0 Å². The molecule has 0 N–H and O–H groups in total. The van der Waals surface area contributed by atoms with Gasteiger partial charge in [-0.15, -0.1) is 0 Å². The van der Waals surface area contributed by atoms with Gasteiger partial charge in [0.25, 0.3) is 5.91 Å². The molecule has 1 aliphatic rings. The summed E-state index contributed by atoms with van der Waals surface area (Å²) >= 11 is 5.79. The predicted octanol–water partition coefficient (Wildman–Crippen LogP) is 1.77. The van der Waals surface area contributed by atoms with Gasteiger partial charge in [-0.2, -0.15) is 0 Å². The lowest BCUT2D eigenvalue weighted by molar-refractivity contribution is 0.0695. The maximum Gasteiger partial charge on any atom is 0.255 e. The molecule has 1 aromatic rings. The number of carbonyl (C=O) groups excluding carboxylic acids is 1. The summed E-state index contributed by atoms with van der Waals surface area (Å²) in [6.45, 7) is 1.66. The lowest BCUT2D eigenvalue weighted by atomic mass is 10.2. The third-order valence-corrected chi connectivity index (χ3v) is 2.35. The monoisotopic (exact) mass is 211 g/mol. The number of carbonyl (C=O) groups is 1. The highest BCUT2D eigenvalue weighted by atomic mass is 35.5. The predicted molar refractivity (Wildman–Crippen MR) is 53.3 cm³/mol. The molecule has 1 amide bonds. The van der Waals surface area contributed by atoms with Gasteiger partial charge in [0.1, 0.15) is 6.73 Å². The van der Waals surface area contributed by atoms with Gasteiger partial charge in [-0.25, -0.2) is 0 Å². The molecule has 2 rings (SSSR count). The van der Waals surface area contributed by atoms with Gasteiger partial charge >= 0.3 is 0 Å². The van der Waals surface area contributed by atoms with Crippen molar-refractivity contribution in [3.8, 4) is 0 Å². The number of hydrogen-bond acceptors (Lipinski definition) is 2. The molecule has 0 aliphatic carbocycles. The van der Waals surface area contributed by atoms with Crippen LogP contribution in [-0.4, -0.2) is 30.7 Å². The topological polar surface area (TPSA) is 29.5 Å². The Hall–Kier alpha value is -1.06. The first-order valence-corrected chi connectivity index (χ1v) is 4.78. The molecule has 1 aliphatic heterocycles. The molecule has 1 aromatic carbocycles. The summed E-state index contributed by atoms with van der Waals surface area (Å²) in [5.41, 5.74) is 0.614. The van der Waals surface area contributed by atoms with Gasteiger partial charge in [0.2, 0.25) is 0 Å². The van der Waals surface area contributed by atoms with Crippen molar-refractivity contribution in [2.45, 2.75) is 0 Å². The number of nitrogens with zero attached hydrogens (tertiary/aromatic N) is 1. The highest BCUT2D eigenvalue weighted by molar-refractivity contribution is 6.30. The molecule has 0 atom stereocenters. The fourth-order valence-electron chi connectivity index (χ4n) is 1.38. The molecule has 74 valence electrons. The van der Waals surface area contributed by atoms with Crippen LogP contribution in [0, 0.1) is 0 Å². The third-order valence-electron chi connectivity index (χ3n) is 2.11. The SMILES string of the molecule is O=C(c1cccc(Cl)c1)N1CCOC1. The van der Waals surface area contributed by atoms with Crippen molar-refractivity contribution in [3.63, 3.8) is 0 Å². The van der Waals surface area contributed by atoms with Crippen LogP contribution >= 0.6 is 11.6 Å². The molecule has 1 saturated heterocycles. The van der Waals surface area contributed by atoms with Crippen LogP contribution in [0.15, 0.2) is 24.3 Å². The van der Waals surface area contributed by atoms with E-state index in [0.717, 1.165) is 0 Å². The zero-order valence-corrected chi connectivity index (χ0v) is 8.33. The van der Waals surface area contributed by atoms with Gasteiger partial charge in [0, 0.05) is 17.1 Å². The minimum Gasteiger partial charge on any atom is -0.359 e. The summed E-state index contributed by atoms with van der Waals surface area (Å²) in [5.74, 6) is -0.0231. The summed E-state index contributed by atoms with van der Waals surface area (Å²) in [4.78, 5) is 13.4. The van der Waals surface area contributed by atoms with E-state index >= 15 is 0 Å². The Morgan fingerprint density at radius 2 is 2.36 bits per heavy atom. The molecular weight excluding hydrogens is 202 g/mol. The summed E-state index contributed by atoms with van der Waals surface area (Å²) in [6, 6.07) is 6.94. The number of rotatable bonds is 1. The van der Waals surface area contributed by atoms with Crippen LogP contribution in [-0.2, 0) is 4.74 Å². The molecule has 14 heavy (non-hydrogen) atoms. The number of halogens is 1. The average molecular weight is 212 g/mol. The van der Waals surface area contributed by atoms with E-state index in [1.165, 1.54) is 0 Å². The number of ether oxygens (including phenoxy) is 1. The minimum absolute atomic E-state index is 0.0231. The Balaban J connectivity index is 2.17. The van der Waals surface area contributed by atoms with Crippen LogP contribution in [0.25, 0.3) is 0 Å². The Morgan fingerprint density at radius 1 is 1.50 bits per heavy atom. The smallest absolute Gasteiger partial charge is 0.255 e. The maximum atomic E-state index is 11.8. The standard InChI is InChI=1S/C10H10ClNO2/c11-9-3-1-2-8(6-9)10(13)12-4-5-14-7-12/h1-3,6H,4-5,7H2. The quantitative estimate of drug-likeness (QED) is 0.709. The van der Waals surface area contributed by atoms with Crippen molar-refractivity contribution < 1.29 is 9.53 Å². The van der Waals surface area contributed by atoms with Gasteiger partial charge in [-0.3, -0.25) is 4.79 Å². The zero-order valence-electron chi connectivity index (χ0n) is 7.57. The first kappa shape index (κ1) is 9.49. The third kappa shape index (κ3) is 1.89. The molecule has 3 nitrogen and oxygen atoms in total. The van der Waals surface area contributed by atoms with Gasteiger partial charge in [-0.1, -0.05) is 17.7 Å². The first-order chi connectivity index (χ1) is 6.77. The van der Waals surface area contributed by atoms with Crippen molar-refractivity contribution in [2.24, 2.45) is 0 Å². The highest BCUT2D eigenvalue weighted by Gasteiger charge is 2.19. The van der Waals surface area contributed by atoms with Crippen LogP contribution in [0.3, 0.4) is 0 Å². The molecule has 0 unspecified atom stereocenters. The molecule has 1 fully saturated rings. The van der Waals surface area contributed by atoms with Crippen molar-refractivity contribution in [2.75, 3.05) is 19.9 Å². The summed E-state index contributed by atoms with van der Waals surface area (Å²) in [5, 5.41) is 0.580. The van der Waals surface area contributed by atoms with Crippen LogP contribution < -0.4 is 0 Å². The molecule has 0 spiro atoms. The summed E-state index contributed by atoms with van der Waals surface area (Å²) in [6.07, 6.45) is 0. The van der Waals surface area contributed by atoms with Gasteiger partial charge < -0.3 is 9.64 Å². The Morgan fingerprint density at radius 3 is 3.00 bits per heavy atom. The molecule has 0 saturated carbocycles. The van der Waals surface area contributed by atoms with Crippen molar-refractivity contribution >= 4 is 17.5 Å². The first-order valence-electron chi connectivity index (χ1n) is 4.40.